The molecule has 41 heavy (non-hydrogen) atoms. The third kappa shape index (κ3) is 9.38. The molecule has 2 aromatic carbocycles. The van der Waals surface area contributed by atoms with Gasteiger partial charge in [-0.2, -0.15) is 0 Å². The van der Waals surface area contributed by atoms with Crippen LogP contribution in [-0.4, -0.2) is 46.9 Å². The predicted octanol–water partition coefficient (Wildman–Crippen LogP) is 7.27. The number of anilines is 1. The second kappa shape index (κ2) is 15.5. The van der Waals surface area contributed by atoms with E-state index in [1.807, 2.05) is 0 Å². The van der Waals surface area contributed by atoms with E-state index < -0.39 is 28.2 Å². The number of ketones is 1. The van der Waals surface area contributed by atoms with Gasteiger partial charge in [0.2, 0.25) is 5.76 Å². The summed E-state index contributed by atoms with van der Waals surface area (Å²) in [6.45, 7) is 5.21. The van der Waals surface area contributed by atoms with Crippen molar-refractivity contribution in [3.8, 4) is 5.75 Å². The number of ether oxygens (including phenoxy) is 1. The SMILES string of the molecule is CCC(C)(NC(=O)c1cc(Cl)c(C)c(Cl)c1)C(=O)CCl.CN(C(=O)C(Cl)Cl)c1ccc(OC(=O)c2ccco2)cc1. The Morgan fingerprint density at radius 2 is 1.63 bits per heavy atom. The lowest BCUT2D eigenvalue weighted by Crippen LogP contribution is -2.52. The van der Waals surface area contributed by atoms with Crippen LogP contribution in [0, 0.1) is 6.92 Å². The van der Waals surface area contributed by atoms with Gasteiger partial charge >= 0.3 is 5.97 Å². The normalized spacial score (nSPS) is 12.0. The number of Topliss-reactive ketones (excluding diaryl/α,β-unsaturated/α-hetero) is 1. The minimum absolute atomic E-state index is 0.110. The van der Waals surface area contributed by atoms with Crippen molar-refractivity contribution < 1.29 is 28.3 Å². The van der Waals surface area contributed by atoms with Crippen molar-refractivity contribution in [2.45, 2.75) is 37.6 Å². The Morgan fingerprint density at radius 1 is 1.05 bits per heavy atom. The molecule has 2 amide bonds. The largest absolute Gasteiger partial charge is 0.457 e. The zero-order chi connectivity index (χ0) is 30.9. The van der Waals surface area contributed by atoms with E-state index >= 15 is 0 Å². The van der Waals surface area contributed by atoms with Crippen LogP contribution in [0.15, 0.2) is 59.2 Å². The van der Waals surface area contributed by atoms with E-state index in [0.29, 0.717) is 39.0 Å². The van der Waals surface area contributed by atoms with Crippen LogP contribution in [0.1, 0.15) is 46.7 Å². The monoisotopic (exact) mass is 662 g/mol. The van der Waals surface area contributed by atoms with Gasteiger partial charge in [-0.3, -0.25) is 14.4 Å². The molecule has 0 saturated heterocycles. The molecule has 0 aliphatic rings. The van der Waals surface area contributed by atoms with Crippen molar-refractivity contribution in [3.63, 3.8) is 0 Å². The number of nitrogens with one attached hydrogen (secondary N) is 1. The molecule has 1 unspecified atom stereocenters. The van der Waals surface area contributed by atoms with E-state index in [4.69, 9.17) is 67.2 Å². The molecule has 13 heteroatoms. The van der Waals surface area contributed by atoms with Gasteiger partial charge in [-0.15, -0.1) is 11.6 Å². The maximum absolute atomic E-state index is 12.2. The second-order valence-corrected chi connectivity index (χ2v) is 11.0. The van der Waals surface area contributed by atoms with Gasteiger partial charge in [0.15, 0.2) is 10.6 Å². The summed E-state index contributed by atoms with van der Waals surface area (Å²) in [5, 5.41) is 3.51. The molecule has 3 rings (SSSR count). The van der Waals surface area contributed by atoms with Gasteiger partial charge in [0.25, 0.3) is 11.8 Å². The first-order valence-corrected chi connectivity index (χ1v) is 14.2. The number of alkyl halides is 3. The second-order valence-electron chi connectivity index (χ2n) is 8.82. The molecule has 0 aliphatic heterocycles. The molecule has 0 aliphatic carbocycles. The highest BCUT2D eigenvalue weighted by Gasteiger charge is 2.32. The van der Waals surface area contributed by atoms with Crippen LogP contribution in [-0.2, 0) is 9.59 Å². The molecule has 3 aromatic rings. The molecule has 1 aromatic heterocycles. The van der Waals surface area contributed by atoms with E-state index in [1.54, 1.807) is 58.2 Å². The van der Waals surface area contributed by atoms with Crippen molar-refractivity contribution in [1.29, 1.82) is 0 Å². The summed E-state index contributed by atoms with van der Waals surface area (Å²) in [5.41, 5.74) is 0.597. The fourth-order valence-corrected chi connectivity index (χ4v) is 4.24. The minimum atomic E-state index is -1.13. The smallest absolute Gasteiger partial charge is 0.379 e. The molecule has 0 fully saturated rings. The summed E-state index contributed by atoms with van der Waals surface area (Å²) in [6, 6.07) is 12.5. The van der Waals surface area contributed by atoms with Crippen LogP contribution < -0.4 is 15.0 Å². The van der Waals surface area contributed by atoms with E-state index in [1.165, 1.54) is 29.4 Å². The van der Waals surface area contributed by atoms with Crippen molar-refractivity contribution in [1.82, 2.24) is 5.32 Å². The molecular weight excluding hydrogens is 638 g/mol. The van der Waals surface area contributed by atoms with Gasteiger partial charge in [-0.25, -0.2) is 4.79 Å². The predicted molar refractivity (Wildman–Crippen MR) is 162 cm³/mol. The van der Waals surface area contributed by atoms with Gasteiger partial charge in [-0.05, 0) is 74.4 Å². The molecule has 1 atom stereocenters. The molecule has 0 saturated carbocycles. The van der Waals surface area contributed by atoms with E-state index in [9.17, 15) is 19.2 Å². The Bertz CT molecular complexity index is 1360. The van der Waals surface area contributed by atoms with Crippen LogP contribution in [0.2, 0.25) is 10.0 Å². The number of furan rings is 1. The quantitative estimate of drug-likeness (QED) is 0.147. The zero-order valence-corrected chi connectivity index (χ0v) is 26.3. The number of nitrogens with zero attached hydrogens (tertiary/aromatic N) is 1. The summed E-state index contributed by atoms with van der Waals surface area (Å²) in [4.78, 5) is 47.5. The summed E-state index contributed by atoms with van der Waals surface area (Å²) >= 11 is 28.6. The Labute approximate surface area is 262 Å². The van der Waals surface area contributed by atoms with Crippen LogP contribution in [0.4, 0.5) is 5.69 Å². The lowest BCUT2D eigenvalue weighted by molar-refractivity contribution is -0.122. The highest BCUT2D eigenvalue weighted by Crippen LogP contribution is 2.26. The highest BCUT2D eigenvalue weighted by molar-refractivity contribution is 6.54. The van der Waals surface area contributed by atoms with Gasteiger partial charge < -0.3 is 19.4 Å². The molecule has 0 spiro atoms. The standard InChI is InChI=1S/C14H16Cl3NO2.C14H11Cl2NO4/c1-4-14(3,12(19)7-15)18-13(20)9-5-10(16)8(2)11(17)6-9;1-17(13(18)12(15)16)9-4-6-10(7-5-9)21-14(19)11-3-2-8-20-11/h5-6H,4,7H2,1-3H3,(H,18,20);2-8,12H,1H3. The number of carbonyl (C=O) groups excluding carboxylic acids is 4. The third-order valence-electron chi connectivity index (χ3n) is 6.05. The number of amides is 2. The number of esters is 1. The summed E-state index contributed by atoms with van der Waals surface area (Å²) < 4.78 is 10.0. The first-order chi connectivity index (χ1) is 19.2. The van der Waals surface area contributed by atoms with Crippen molar-refractivity contribution >= 4 is 87.3 Å². The fraction of sp³-hybridized carbons (Fsp3) is 0.286. The van der Waals surface area contributed by atoms with Crippen molar-refractivity contribution in [2.75, 3.05) is 17.8 Å². The number of benzene rings is 2. The topological polar surface area (TPSA) is 106 Å². The van der Waals surface area contributed by atoms with Gasteiger partial charge in [-0.1, -0.05) is 53.3 Å². The number of halogens is 5. The summed E-state index contributed by atoms with van der Waals surface area (Å²) in [6.07, 6.45) is 1.83. The Balaban J connectivity index is 0.000000287. The van der Waals surface area contributed by atoms with Crippen LogP contribution >= 0.6 is 58.0 Å². The van der Waals surface area contributed by atoms with E-state index in [-0.39, 0.29) is 17.4 Å². The third-order valence-corrected chi connectivity index (χ3v) is 7.45. The Hall–Kier alpha value is -2.75. The van der Waals surface area contributed by atoms with Crippen LogP contribution in [0.5, 0.6) is 5.75 Å². The van der Waals surface area contributed by atoms with Crippen molar-refractivity contribution in [2.24, 2.45) is 0 Å². The molecular formula is C28H27Cl5N2O6. The number of rotatable bonds is 9. The molecule has 0 bridgehead atoms. The van der Waals surface area contributed by atoms with Crippen LogP contribution in [0.25, 0.3) is 0 Å². The molecule has 1 heterocycles. The maximum atomic E-state index is 12.2. The lowest BCUT2D eigenvalue weighted by atomic mass is 9.93. The van der Waals surface area contributed by atoms with Crippen molar-refractivity contribution in [3.05, 3.63) is 81.7 Å². The van der Waals surface area contributed by atoms with Gasteiger partial charge in [0.05, 0.1) is 17.7 Å². The lowest BCUT2D eigenvalue weighted by Gasteiger charge is -2.27. The van der Waals surface area contributed by atoms with E-state index in [2.05, 4.69) is 5.32 Å². The average molecular weight is 665 g/mol. The number of hydrogen-bond donors (Lipinski definition) is 1. The van der Waals surface area contributed by atoms with E-state index in [0.717, 1.165) is 0 Å². The molecule has 8 nitrogen and oxygen atoms in total. The Morgan fingerprint density at radius 3 is 2.10 bits per heavy atom. The molecule has 0 radical (unpaired) electrons. The molecule has 220 valence electrons. The summed E-state index contributed by atoms with van der Waals surface area (Å²) in [5.74, 6) is -1.40. The zero-order valence-electron chi connectivity index (χ0n) is 22.5. The minimum Gasteiger partial charge on any atom is -0.457 e. The first-order valence-electron chi connectivity index (χ1n) is 12.0. The molecule has 1 N–H and O–H groups in total. The van der Waals surface area contributed by atoms with Gasteiger partial charge in [0, 0.05) is 28.3 Å². The highest BCUT2D eigenvalue weighted by atomic mass is 35.5. The Kier molecular flexibility index (Phi) is 13.0. The fourth-order valence-electron chi connectivity index (χ4n) is 3.17. The first kappa shape index (κ1) is 34.5. The number of carbonyl (C=O) groups is 4. The number of hydrogen-bond acceptors (Lipinski definition) is 6. The van der Waals surface area contributed by atoms with Gasteiger partial charge in [0.1, 0.15) is 5.75 Å². The maximum Gasteiger partial charge on any atom is 0.379 e. The summed E-state index contributed by atoms with van der Waals surface area (Å²) in [7, 11) is 1.55. The average Bonchev–Trinajstić information content (AvgIpc) is 3.50. The van der Waals surface area contributed by atoms with Crippen LogP contribution in [0.3, 0.4) is 0 Å².